The highest BCUT2D eigenvalue weighted by Gasteiger charge is 2.30. The molecule has 0 amide bonds. The first kappa shape index (κ1) is 17.9. The Balaban J connectivity index is 2.07. The number of benzene rings is 3. The molecule has 0 bridgehead atoms. The average molecular weight is 369 g/mol. The third-order valence-corrected chi connectivity index (χ3v) is 5.72. The summed E-state index contributed by atoms with van der Waals surface area (Å²) < 4.78 is 30.6. The summed E-state index contributed by atoms with van der Waals surface area (Å²) >= 11 is 0. The lowest BCUT2D eigenvalue weighted by molar-refractivity contribution is 0.362. The minimum absolute atomic E-state index is 0.285. The Kier molecular flexibility index (Phi) is 5.49. The van der Waals surface area contributed by atoms with Crippen molar-refractivity contribution in [1.82, 2.24) is 0 Å². The van der Waals surface area contributed by atoms with Crippen LogP contribution in [0.4, 0.5) is 5.69 Å². The van der Waals surface area contributed by atoms with Crippen LogP contribution in [0.25, 0.3) is 0 Å². The maximum atomic E-state index is 13.8. The summed E-state index contributed by atoms with van der Waals surface area (Å²) in [5.74, 6) is 1.17. The molecule has 26 heavy (non-hydrogen) atoms. The standard InChI is InChI=1S/C20H20NO4P/c1-23-18-14-9-15-19(24-2)20(18)25-26(22,17-12-7-4-8-13-17)21-16-10-5-3-6-11-16/h3-15H,1-2H3,(H,21,22). The van der Waals surface area contributed by atoms with E-state index in [2.05, 4.69) is 5.09 Å². The van der Waals surface area contributed by atoms with E-state index in [1.807, 2.05) is 48.5 Å². The van der Waals surface area contributed by atoms with Gasteiger partial charge in [-0.2, -0.15) is 0 Å². The van der Waals surface area contributed by atoms with Gasteiger partial charge in [0.1, 0.15) is 0 Å². The molecule has 0 saturated carbocycles. The lowest BCUT2D eigenvalue weighted by Crippen LogP contribution is -2.16. The van der Waals surface area contributed by atoms with Gasteiger partial charge >= 0.3 is 7.52 Å². The minimum Gasteiger partial charge on any atom is -0.493 e. The van der Waals surface area contributed by atoms with Crippen LogP contribution in [0.3, 0.4) is 0 Å². The summed E-state index contributed by atoms with van der Waals surface area (Å²) in [6, 6.07) is 23.5. The average Bonchev–Trinajstić information content (AvgIpc) is 2.69. The molecule has 134 valence electrons. The van der Waals surface area contributed by atoms with Crippen molar-refractivity contribution in [3.8, 4) is 17.2 Å². The van der Waals surface area contributed by atoms with E-state index < -0.39 is 7.52 Å². The van der Waals surface area contributed by atoms with Gasteiger partial charge in [-0.25, -0.2) is 4.57 Å². The Morgan fingerprint density at radius 1 is 0.731 bits per heavy atom. The van der Waals surface area contributed by atoms with Crippen molar-refractivity contribution in [2.45, 2.75) is 0 Å². The molecule has 0 aliphatic heterocycles. The van der Waals surface area contributed by atoms with Crippen molar-refractivity contribution in [1.29, 1.82) is 0 Å². The van der Waals surface area contributed by atoms with Gasteiger partial charge in [0, 0.05) is 5.69 Å². The summed E-state index contributed by atoms with van der Waals surface area (Å²) in [5.41, 5.74) is 0.688. The van der Waals surface area contributed by atoms with E-state index in [9.17, 15) is 4.57 Å². The van der Waals surface area contributed by atoms with Crippen LogP contribution in [-0.2, 0) is 4.57 Å². The second kappa shape index (κ2) is 7.98. The predicted molar refractivity (Wildman–Crippen MR) is 104 cm³/mol. The molecular weight excluding hydrogens is 349 g/mol. The highest BCUT2D eigenvalue weighted by molar-refractivity contribution is 7.68. The van der Waals surface area contributed by atoms with Crippen LogP contribution in [0, 0.1) is 0 Å². The van der Waals surface area contributed by atoms with Gasteiger partial charge in [-0.3, -0.25) is 0 Å². The Labute approximate surface area is 153 Å². The molecule has 3 aromatic carbocycles. The first-order chi connectivity index (χ1) is 12.7. The molecule has 1 unspecified atom stereocenters. The van der Waals surface area contributed by atoms with E-state index in [-0.39, 0.29) is 5.75 Å². The van der Waals surface area contributed by atoms with Crippen molar-refractivity contribution in [2.75, 3.05) is 19.3 Å². The highest BCUT2D eigenvalue weighted by atomic mass is 31.2. The van der Waals surface area contributed by atoms with Crippen molar-refractivity contribution in [2.24, 2.45) is 0 Å². The van der Waals surface area contributed by atoms with Crippen LogP contribution >= 0.6 is 7.52 Å². The Morgan fingerprint density at radius 2 is 1.27 bits per heavy atom. The van der Waals surface area contributed by atoms with Crippen molar-refractivity contribution in [3.05, 3.63) is 78.9 Å². The molecular formula is C20H20NO4P. The van der Waals surface area contributed by atoms with Crippen molar-refractivity contribution >= 4 is 18.5 Å². The van der Waals surface area contributed by atoms with Crippen LogP contribution in [0.2, 0.25) is 0 Å². The highest BCUT2D eigenvalue weighted by Crippen LogP contribution is 2.51. The Hall–Kier alpha value is -2.91. The van der Waals surface area contributed by atoms with Gasteiger partial charge in [0.15, 0.2) is 11.5 Å². The smallest absolute Gasteiger partial charge is 0.371 e. The van der Waals surface area contributed by atoms with Crippen LogP contribution in [0.1, 0.15) is 0 Å². The molecule has 0 heterocycles. The van der Waals surface area contributed by atoms with Gasteiger partial charge in [-0.15, -0.1) is 0 Å². The third-order valence-electron chi connectivity index (χ3n) is 3.75. The maximum absolute atomic E-state index is 13.8. The number of hydrogen-bond acceptors (Lipinski definition) is 4. The molecule has 5 nitrogen and oxygen atoms in total. The van der Waals surface area contributed by atoms with E-state index in [1.165, 1.54) is 14.2 Å². The molecule has 1 N–H and O–H groups in total. The second-order valence-corrected chi connectivity index (χ2v) is 7.47. The maximum Gasteiger partial charge on any atom is 0.371 e. The normalized spacial score (nSPS) is 12.7. The zero-order valence-electron chi connectivity index (χ0n) is 14.6. The van der Waals surface area contributed by atoms with Crippen LogP contribution in [-0.4, -0.2) is 14.2 Å². The molecule has 0 saturated heterocycles. The molecule has 6 heteroatoms. The van der Waals surface area contributed by atoms with Crippen LogP contribution < -0.4 is 24.4 Å². The van der Waals surface area contributed by atoms with Gasteiger partial charge in [-0.1, -0.05) is 42.5 Å². The number of para-hydroxylation sites is 2. The van der Waals surface area contributed by atoms with Crippen LogP contribution in [0.5, 0.6) is 17.2 Å². The van der Waals surface area contributed by atoms with Gasteiger partial charge in [-0.05, 0) is 36.4 Å². The third kappa shape index (κ3) is 3.84. The summed E-state index contributed by atoms with van der Waals surface area (Å²) in [4.78, 5) is 0. The molecule has 0 aliphatic rings. The fourth-order valence-electron chi connectivity index (χ4n) is 2.48. The molecule has 3 rings (SSSR count). The lowest BCUT2D eigenvalue weighted by atomic mass is 10.3. The van der Waals surface area contributed by atoms with E-state index in [0.717, 1.165) is 0 Å². The van der Waals surface area contributed by atoms with E-state index in [0.29, 0.717) is 22.5 Å². The summed E-state index contributed by atoms with van der Waals surface area (Å²) in [5, 5.41) is 3.58. The number of nitrogens with one attached hydrogen (secondary N) is 1. The zero-order chi connectivity index (χ0) is 18.4. The molecule has 0 spiro atoms. The van der Waals surface area contributed by atoms with E-state index >= 15 is 0 Å². The number of hydrogen-bond donors (Lipinski definition) is 1. The minimum atomic E-state index is -3.51. The topological polar surface area (TPSA) is 56.8 Å². The first-order valence-corrected chi connectivity index (χ1v) is 9.68. The number of rotatable bonds is 7. The summed E-state index contributed by atoms with van der Waals surface area (Å²) in [6.45, 7) is 0. The summed E-state index contributed by atoms with van der Waals surface area (Å²) in [6.07, 6.45) is 0. The van der Waals surface area contributed by atoms with Gasteiger partial charge in [0.05, 0.1) is 19.5 Å². The van der Waals surface area contributed by atoms with Gasteiger partial charge < -0.3 is 19.1 Å². The van der Waals surface area contributed by atoms with Gasteiger partial charge in [0.25, 0.3) is 0 Å². The summed E-state index contributed by atoms with van der Waals surface area (Å²) in [7, 11) is -0.451. The zero-order valence-corrected chi connectivity index (χ0v) is 15.5. The predicted octanol–water partition coefficient (Wildman–Crippen LogP) is 4.71. The number of methoxy groups -OCH3 is 2. The lowest BCUT2D eigenvalue weighted by Gasteiger charge is -2.23. The van der Waals surface area contributed by atoms with E-state index in [4.69, 9.17) is 14.0 Å². The quantitative estimate of drug-likeness (QED) is 0.611. The molecule has 0 aromatic heterocycles. The van der Waals surface area contributed by atoms with Crippen molar-refractivity contribution in [3.63, 3.8) is 0 Å². The largest absolute Gasteiger partial charge is 0.493 e. The Bertz CT molecular complexity index is 878. The fourth-order valence-corrected chi connectivity index (χ4v) is 4.25. The van der Waals surface area contributed by atoms with Gasteiger partial charge in [0.2, 0.25) is 5.75 Å². The van der Waals surface area contributed by atoms with Crippen LogP contribution in [0.15, 0.2) is 78.9 Å². The molecule has 1 atom stereocenters. The molecule has 0 radical (unpaired) electrons. The number of ether oxygens (including phenoxy) is 2. The molecule has 0 fully saturated rings. The van der Waals surface area contributed by atoms with Crippen molar-refractivity contribution < 1.29 is 18.6 Å². The second-order valence-electron chi connectivity index (χ2n) is 5.45. The molecule has 3 aromatic rings. The van der Waals surface area contributed by atoms with E-state index in [1.54, 1.807) is 30.3 Å². The first-order valence-electron chi connectivity index (χ1n) is 8.06. The monoisotopic (exact) mass is 369 g/mol. The molecule has 0 aliphatic carbocycles. The number of anilines is 1. The Morgan fingerprint density at radius 3 is 1.81 bits per heavy atom. The fraction of sp³-hybridized carbons (Fsp3) is 0.100. The SMILES string of the molecule is COc1cccc(OC)c1OP(=O)(Nc1ccccc1)c1ccccc1.